The second-order valence-electron chi connectivity index (χ2n) is 4.05. The van der Waals surface area contributed by atoms with Crippen molar-refractivity contribution in [2.45, 2.75) is 33.1 Å². The van der Waals surface area contributed by atoms with Crippen molar-refractivity contribution < 1.29 is 4.79 Å². The number of carbonyl (C=O) groups excluding carboxylic acids is 1. The van der Waals surface area contributed by atoms with E-state index in [2.05, 4.69) is 29.8 Å². The van der Waals surface area contributed by atoms with E-state index in [1.54, 1.807) is 12.1 Å². The number of rotatable bonds is 5. The molecule has 0 bridgehead atoms. The number of hydrogen-bond acceptors (Lipinski definition) is 2. The molecule has 1 rings (SSSR count). The van der Waals surface area contributed by atoms with Gasteiger partial charge in [0.2, 0.25) is 0 Å². The van der Waals surface area contributed by atoms with Gasteiger partial charge in [0.1, 0.15) is 0 Å². The molecule has 0 aliphatic heterocycles. The molecule has 0 amide bonds. The van der Waals surface area contributed by atoms with E-state index in [4.69, 9.17) is 5.73 Å². The van der Waals surface area contributed by atoms with Gasteiger partial charge in [-0.15, -0.1) is 0 Å². The third-order valence-corrected chi connectivity index (χ3v) is 3.61. The summed E-state index contributed by atoms with van der Waals surface area (Å²) in [6, 6.07) is 5.36. The molecule has 16 heavy (non-hydrogen) atoms. The van der Waals surface area contributed by atoms with Gasteiger partial charge in [-0.2, -0.15) is 0 Å². The van der Waals surface area contributed by atoms with Crippen LogP contribution < -0.4 is 5.73 Å². The highest BCUT2D eigenvalue weighted by Crippen LogP contribution is 2.24. The van der Waals surface area contributed by atoms with Crippen LogP contribution in [0.1, 0.15) is 43.5 Å². The predicted octanol–water partition coefficient (Wildman–Crippen LogP) is 4.04. The molecule has 0 saturated carbocycles. The number of Topliss-reactive ketones (excluding diaryl/α,β-unsaturated/α-hetero) is 1. The van der Waals surface area contributed by atoms with Crippen LogP contribution >= 0.6 is 15.9 Å². The summed E-state index contributed by atoms with van der Waals surface area (Å²) in [5, 5.41) is 0. The zero-order valence-corrected chi connectivity index (χ0v) is 11.4. The molecule has 0 atom stereocenters. The van der Waals surface area contributed by atoms with Crippen molar-refractivity contribution in [2.24, 2.45) is 5.92 Å². The summed E-state index contributed by atoms with van der Waals surface area (Å²) < 4.78 is 0.831. The normalized spacial score (nSPS) is 10.8. The first-order valence-corrected chi connectivity index (χ1v) is 6.46. The molecular formula is C13H18BrNO. The Labute approximate surface area is 105 Å². The molecule has 0 radical (unpaired) electrons. The fraction of sp³-hybridized carbons (Fsp3) is 0.462. The van der Waals surface area contributed by atoms with Gasteiger partial charge in [0.15, 0.2) is 5.78 Å². The standard InChI is InChI=1S/C13H18BrNO/c1-3-9(4-2)7-13(16)11-8-10(15)5-6-12(11)14/h5-6,8-9H,3-4,7,15H2,1-2H3. The van der Waals surface area contributed by atoms with Crippen molar-refractivity contribution in [1.29, 1.82) is 0 Å². The molecule has 88 valence electrons. The number of nitrogens with two attached hydrogens (primary N) is 1. The molecule has 0 aliphatic carbocycles. The SMILES string of the molecule is CCC(CC)CC(=O)c1cc(N)ccc1Br. The van der Waals surface area contributed by atoms with Crippen molar-refractivity contribution >= 4 is 27.4 Å². The van der Waals surface area contributed by atoms with Crippen LogP contribution in [0.15, 0.2) is 22.7 Å². The topological polar surface area (TPSA) is 43.1 Å². The summed E-state index contributed by atoms with van der Waals surface area (Å²) >= 11 is 3.39. The minimum Gasteiger partial charge on any atom is -0.399 e. The maximum absolute atomic E-state index is 12.1. The monoisotopic (exact) mass is 283 g/mol. The molecule has 1 aromatic rings. The Morgan fingerprint density at radius 1 is 1.38 bits per heavy atom. The highest BCUT2D eigenvalue weighted by Gasteiger charge is 2.14. The van der Waals surface area contributed by atoms with Gasteiger partial charge in [-0.3, -0.25) is 4.79 Å². The van der Waals surface area contributed by atoms with Crippen molar-refractivity contribution in [2.75, 3.05) is 5.73 Å². The first-order chi connectivity index (χ1) is 7.58. The Kier molecular flexibility index (Phi) is 5.00. The van der Waals surface area contributed by atoms with Crippen LogP contribution in [0.5, 0.6) is 0 Å². The molecule has 0 aliphatic rings. The Hall–Kier alpha value is -0.830. The number of benzene rings is 1. The van der Waals surface area contributed by atoms with Gasteiger partial charge in [-0.25, -0.2) is 0 Å². The number of anilines is 1. The molecule has 2 N–H and O–H groups in total. The van der Waals surface area contributed by atoms with E-state index in [-0.39, 0.29) is 5.78 Å². The second kappa shape index (κ2) is 6.04. The maximum atomic E-state index is 12.1. The van der Waals surface area contributed by atoms with Crippen LogP contribution in [-0.4, -0.2) is 5.78 Å². The van der Waals surface area contributed by atoms with Gasteiger partial charge in [0.25, 0.3) is 0 Å². The third kappa shape index (κ3) is 3.34. The molecule has 0 spiro atoms. The largest absolute Gasteiger partial charge is 0.399 e. The number of carbonyl (C=O) groups is 1. The number of nitrogen functional groups attached to an aromatic ring is 1. The van der Waals surface area contributed by atoms with Crippen molar-refractivity contribution in [3.05, 3.63) is 28.2 Å². The predicted molar refractivity (Wildman–Crippen MR) is 71.6 cm³/mol. The second-order valence-corrected chi connectivity index (χ2v) is 4.90. The lowest BCUT2D eigenvalue weighted by atomic mass is 9.94. The van der Waals surface area contributed by atoms with E-state index in [0.29, 0.717) is 23.6 Å². The summed E-state index contributed by atoms with van der Waals surface area (Å²) in [5.74, 6) is 0.647. The summed E-state index contributed by atoms with van der Waals surface area (Å²) in [6.07, 6.45) is 2.69. The van der Waals surface area contributed by atoms with Crippen molar-refractivity contribution in [3.8, 4) is 0 Å². The zero-order valence-electron chi connectivity index (χ0n) is 9.79. The van der Waals surface area contributed by atoms with Crippen LogP contribution in [0.3, 0.4) is 0 Å². The Balaban J connectivity index is 2.83. The number of ketones is 1. The Morgan fingerprint density at radius 3 is 2.56 bits per heavy atom. The fourth-order valence-corrected chi connectivity index (χ4v) is 2.17. The molecule has 0 aromatic heterocycles. The lowest BCUT2D eigenvalue weighted by Crippen LogP contribution is -2.08. The number of halogens is 1. The fourth-order valence-electron chi connectivity index (χ4n) is 1.71. The molecule has 3 heteroatoms. The number of hydrogen-bond donors (Lipinski definition) is 1. The van der Waals surface area contributed by atoms with E-state index in [1.165, 1.54) is 0 Å². The van der Waals surface area contributed by atoms with E-state index < -0.39 is 0 Å². The molecule has 0 fully saturated rings. The molecule has 1 aromatic carbocycles. The lowest BCUT2D eigenvalue weighted by Gasteiger charge is -2.12. The van der Waals surface area contributed by atoms with Crippen molar-refractivity contribution in [3.63, 3.8) is 0 Å². The first kappa shape index (κ1) is 13.2. The van der Waals surface area contributed by atoms with Gasteiger partial charge in [-0.05, 0) is 24.1 Å². The average Bonchev–Trinajstić information content (AvgIpc) is 2.28. The minimum atomic E-state index is 0.174. The molecule has 0 unspecified atom stereocenters. The maximum Gasteiger partial charge on any atom is 0.164 e. The third-order valence-electron chi connectivity index (χ3n) is 2.92. The van der Waals surface area contributed by atoms with E-state index >= 15 is 0 Å². The Bertz CT molecular complexity index is 372. The lowest BCUT2D eigenvalue weighted by molar-refractivity contribution is 0.0958. The van der Waals surface area contributed by atoms with Crippen LogP contribution in [0, 0.1) is 5.92 Å². The van der Waals surface area contributed by atoms with Gasteiger partial charge in [0, 0.05) is 22.1 Å². The van der Waals surface area contributed by atoms with Crippen molar-refractivity contribution in [1.82, 2.24) is 0 Å². The summed E-state index contributed by atoms with van der Waals surface area (Å²) in [4.78, 5) is 12.1. The van der Waals surface area contributed by atoms with Gasteiger partial charge < -0.3 is 5.73 Å². The van der Waals surface area contributed by atoms with Gasteiger partial charge >= 0.3 is 0 Å². The van der Waals surface area contributed by atoms with Crippen LogP contribution in [0.2, 0.25) is 0 Å². The summed E-state index contributed by atoms with van der Waals surface area (Å²) in [6.45, 7) is 4.24. The highest BCUT2D eigenvalue weighted by atomic mass is 79.9. The highest BCUT2D eigenvalue weighted by molar-refractivity contribution is 9.10. The molecule has 0 saturated heterocycles. The van der Waals surface area contributed by atoms with Crippen LogP contribution in [0.25, 0.3) is 0 Å². The molecular weight excluding hydrogens is 266 g/mol. The van der Waals surface area contributed by atoms with Crippen LogP contribution in [-0.2, 0) is 0 Å². The quantitative estimate of drug-likeness (QED) is 0.655. The van der Waals surface area contributed by atoms with Gasteiger partial charge in [-0.1, -0.05) is 42.6 Å². The smallest absolute Gasteiger partial charge is 0.164 e. The van der Waals surface area contributed by atoms with Gasteiger partial charge in [0.05, 0.1) is 0 Å². The van der Waals surface area contributed by atoms with Crippen LogP contribution in [0.4, 0.5) is 5.69 Å². The van der Waals surface area contributed by atoms with E-state index in [9.17, 15) is 4.79 Å². The zero-order chi connectivity index (χ0) is 12.1. The first-order valence-electron chi connectivity index (χ1n) is 5.66. The van der Waals surface area contributed by atoms with E-state index in [0.717, 1.165) is 17.3 Å². The summed E-state index contributed by atoms with van der Waals surface area (Å²) in [7, 11) is 0. The average molecular weight is 284 g/mol. The minimum absolute atomic E-state index is 0.174. The van der Waals surface area contributed by atoms with E-state index in [1.807, 2.05) is 6.07 Å². The molecule has 2 nitrogen and oxygen atoms in total. The summed E-state index contributed by atoms with van der Waals surface area (Å²) in [5.41, 5.74) is 7.02. The molecule has 0 heterocycles. The Morgan fingerprint density at radius 2 is 2.00 bits per heavy atom.